The molecule has 2 aromatic rings. The first-order chi connectivity index (χ1) is 18.9. The van der Waals surface area contributed by atoms with E-state index in [4.69, 9.17) is 0 Å². The summed E-state index contributed by atoms with van der Waals surface area (Å²) in [7, 11) is 0. The molecule has 6 nitrogen and oxygen atoms in total. The summed E-state index contributed by atoms with van der Waals surface area (Å²) in [5.74, 6) is 1.47. The molecular weight excluding hydrogens is 488 g/mol. The second kappa shape index (κ2) is 12.3. The molecule has 1 atom stereocenters. The number of ketones is 2. The van der Waals surface area contributed by atoms with Gasteiger partial charge in [0.15, 0.2) is 5.78 Å². The van der Waals surface area contributed by atoms with Gasteiger partial charge in [0, 0.05) is 30.6 Å². The quantitative estimate of drug-likeness (QED) is 0.277. The third kappa shape index (κ3) is 7.24. The van der Waals surface area contributed by atoms with E-state index >= 15 is 0 Å². The van der Waals surface area contributed by atoms with Crippen LogP contribution in [0.2, 0.25) is 0 Å². The highest BCUT2D eigenvalue weighted by molar-refractivity contribution is 5.96. The first-order valence-corrected chi connectivity index (χ1v) is 14.6. The molecular formula is C33H40N2O4. The van der Waals surface area contributed by atoms with Crippen molar-refractivity contribution in [3.8, 4) is 5.75 Å². The fraction of sp³-hybridized carbons (Fsp3) is 0.485. The molecule has 3 aliphatic rings. The maximum Gasteiger partial charge on any atom is 0.228 e. The lowest BCUT2D eigenvalue weighted by Gasteiger charge is -2.24. The summed E-state index contributed by atoms with van der Waals surface area (Å²) in [4.78, 5) is 39.7. The predicted molar refractivity (Wildman–Crippen MR) is 154 cm³/mol. The molecule has 1 heterocycles. The second-order valence-corrected chi connectivity index (χ2v) is 11.6. The van der Waals surface area contributed by atoms with Crippen molar-refractivity contribution in [3.63, 3.8) is 0 Å². The summed E-state index contributed by atoms with van der Waals surface area (Å²) in [6, 6.07) is 13.2. The summed E-state index contributed by atoms with van der Waals surface area (Å²) >= 11 is 0. The van der Waals surface area contributed by atoms with Gasteiger partial charge in [-0.15, -0.1) is 0 Å². The highest BCUT2D eigenvalue weighted by Gasteiger charge is 2.31. The van der Waals surface area contributed by atoms with E-state index in [-0.39, 0.29) is 23.4 Å². The summed E-state index contributed by atoms with van der Waals surface area (Å²) in [5, 5.41) is 13.1. The number of hydrogen-bond donors (Lipinski definition) is 2. The van der Waals surface area contributed by atoms with Crippen LogP contribution >= 0.6 is 0 Å². The number of aromatic hydroxyl groups is 1. The van der Waals surface area contributed by atoms with E-state index in [1.54, 1.807) is 12.1 Å². The molecule has 2 saturated carbocycles. The van der Waals surface area contributed by atoms with E-state index in [9.17, 15) is 19.5 Å². The summed E-state index contributed by atoms with van der Waals surface area (Å²) < 4.78 is 0. The number of phenols is 1. The molecule has 0 bridgehead atoms. The highest BCUT2D eigenvalue weighted by atomic mass is 16.3. The lowest BCUT2D eigenvalue weighted by Crippen LogP contribution is -2.31. The molecule has 2 N–H and O–H groups in total. The minimum atomic E-state index is -0.118. The number of rotatable bonds is 10. The van der Waals surface area contributed by atoms with Crippen molar-refractivity contribution in [2.24, 2.45) is 11.8 Å². The van der Waals surface area contributed by atoms with Crippen LogP contribution in [0.15, 0.2) is 48.0 Å². The zero-order chi connectivity index (χ0) is 27.4. The number of carbonyl (C=O) groups excluding carboxylic acids is 3. The molecule has 0 radical (unpaired) electrons. The third-order valence-corrected chi connectivity index (χ3v) is 8.54. The van der Waals surface area contributed by atoms with Crippen molar-refractivity contribution in [3.05, 3.63) is 64.7 Å². The molecule has 5 rings (SSSR count). The van der Waals surface area contributed by atoms with Crippen LogP contribution < -0.4 is 5.32 Å². The topological polar surface area (TPSA) is 86.7 Å². The number of Topliss-reactive ketones (excluding diaryl/α,β-unsaturated/α-hetero) is 2. The fourth-order valence-corrected chi connectivity index (χ4v) is 6.03. The Bertz CT molecular complexity index is 1230. The van der Waals surface area contributed by atoms with Gasteiger partial charge in [-0.3, -0.25) is 19.3 Å². The molecule has 1 saturated heterocycles. The monoisotopic (exact) mass is 528 g/mol. The number of likely N-dealkylation sites (tertiary alicyclic amines) is 1. The van der Waals surface area contributed by atoms with Gasteiger partial charge in [0.05, 0.1) is 12.5 Å². The van der Waals surface area contributed by atoms with E-state index in [0.717, 1.165) is 73.9 Å². The Hall–Kier alpha value is -3.25. The lowest BCUT2D eigenvalue weighted by atomic mass is 9.82. The first kappa shape index (κ1) is 27.3. The van der Waals surface area contributed by atoms with Crippen molar-refractivity contribution in [2.75, 3.05) is 25.0 Å². The summed E-state index contributed by atoms with van der Waals surface area (Å²) in [6.45, 7) is 3.70. The molecule has 0 unspecified atom stereocenters. The molecule has 0 spiro atoms. The van der Waals surface area contributed by atoms with Gasteiger partial charge in [0.25, 0.3) is 0 Å². The standard InChI is InChI=1S/C33H40N2O4/c1-2-31(37)26-9-7-23(8-10-26)17-22-3-5-24(6-4-22)18-29(36)21-35-16-15-27(20-35)33(39)34-28-13-14-32(38)30(19-28)25-11-12-25/h7-10,13-14,17,19,24-25,27,38H,2-6,11-12,15-16,18,20-21H2,1H3,(H,34,39)/t24?,27-/m1/s1. The third-order valence-electron chi connectivity index (χ3n) is 8.54. The van der Waals surface area contributed by atoms with Crippen LogP contribution in [-0.2, 0) is 9.59 Å². The Labute approximate surface area is 231 Å². The Morgan fingerprint density at radius 1 is 1.00 bits per heavy atom. The molecule has 39 heavy (non-hydrogen) atoms. The number of anilines is 1. The molecule has 3 fully saturated rings. The van der Waals surface area contributed by atoms with E-state index in [1.165, 1.54) is 5.57 Å². The van der Waals surface area contributed by atoms with Crippen molar-refractivity contribution >= 4 is 29.2 Å². The maximum absolute atomic E-state index is 12.9. The first-order valence-electron chi connectivity index (χ1n) is 14.6. The number of allylic oxidation sites excluding steroid dienone is 1. The number of carbonyl (C=O) groups is 3. The average Bonchev–Trinajstić information content (AvgIpc) is 3.68. The minimum Gasteiger partial charge on any atom is -0.508 e. The van der Waals surface area contributed by atoms with Gasteiger partial charge in [0.1, 0.15) is 11.5 Å². The molecule has 0 aromatic heterocycles. The summed E-state index contributed by atoms with van der Waals surface area (Å²) in [6.07, 6.45) is 10.4. The highest BCUT2D eigenvalue weighted by Crippen LogP contribution is 2.44. The Morgan fingerprint density at radius 3 is 2.44 bits per heavy atom. The average molecular weight is 529 g/mol. The number of hydrogen-bond acceptors (Lipinski definition) is 5. The smallest absolute Gasteiger partial charge is 0.228 e. The van der Waals surface area contributed by atoms with E-state index in [0.29, 0.717) is 43.5 Å². The van der Waals surface area contributed by atoms with E-state index in [1.807, 2.05) is 37.3 Å². The van der Waals surface area contributed by atoms with Crippen LogP contribution in [0.25, 0.3) is 6.08 Å². The number of benzene rings is 2. The van der Waals surface area contributed by atoms with E-state index < -0.39 is 0 Å². The molecule has 1 amide bonds. The number of nitrogens with one attached hydrogen (secondary N) is 1. The Morgan fingerprint density at radius 2 is 1.74 bits per heavy atom. The van der Waals surface area contributed by atoms with Crippen molar-refractivity contribution in [1.29, 1.82) is 0 Å². The van der Waals surface area contributed by atoms with Crippen LogP contribution in [0, 0.1) is 11.8 Å². The lowest BCUT2D eigenvalue weighted by molar-refractivity contribution is -0.122. The van der Waals surface area contributed by atoms with E-state index in [2.05, 4.69) is 16.3 Å². The van der Waals surface area contributed by atoms with Gasteiger partial charge in [-0.05, 0) is 92.7 Å². The normalized spacial score (nSPS) is 21.5. The van der Waals surface area contributed by atoms with Gasteiger partial charge in [-0.25, -0.2) is 0 Å². The summed E-state index contributed by atoms with van der Waals surface area (Å²) in [5.41, 5.74) is 4.99. The zero-order valence-electron chi connectivity index (χ0n) is 23.0. The Kier molecular flexibility index (Phi) is 8.61. The molecule has 1 aliphatic heterocycles. The number of nitrogens with zero attached hydrogens (tertiary/aromatic N) is 1. The maximum atomic E-state index is 12.9. The predicted octanol–water partition coefficient (Wildman–Crippen LogP) is 6.36. The van der Waals surface area contributed by atoms with Gasteiger partial charge < -0.3 is 10.4 Å². The van der Waals surface area contributed by atoms with Crippen LogP contribution in [0.5, 0.6) is 5.75 Å². The SMILES string of the molecule is CCC(=O)c1ccc(C=C2CCC(CC(=O)CN3CC[C@@H](C(=O)Nc4ccc(O)c(C5CC5)c4)C3)CC2)cc1. The zero-order valence-corrected chi connectivity index (χ0v) is 23.0. The van der Waals surface area contributed by atoms with Gasteiger partial charge in [-0.1, -0.05) is 42.8 Å². The van der Waals surface area contributed by atoms with Gasteiger partial charge in [-0.2, -0.15) is 0 Å². The van der Waals surface area contributed by atoms with Gasteiger partial charge >= 0.3 is 0 Å². The van der Waals surface area contributed by atoms with Crippen molar-refractivity contribution < 1.29 is 19.5 Å². The largest absolute Gasteiger partial charge is 0.508 e. The van der Waals surface area contributed by atoms with Crippen LogP contribution in [-0.4, -0.2) is 47.1 Å². The van der Waals surface area contributed by atoms with Crippen LogP contribution in [0.3, 0.4) is 0 Å². The molecule has 6 heteroatoms. The van der Waals surface area contributed by atoms with Crippen LogP contribution in [0.1, 0.15) is 92.1 Å². The second-order valence-electron chi connectivity index (χ2n) is 11.6. The van der Waals surface area contributed by atoms with Crippen molar-refractivity contribution in [1.82, 2.24) is 4.90 Å². The Balaban J connectivity index is 1.03. The van der Waals surface area contributed by atoms with Crippen LogP contribution in [0.4, 0.5) is 5.69 Å². The number of phenolic OH excluding ortho intramolecular Hbond substituents is 1. The number of amides is 1. The molecule has 2 aliphatic carbocycles. The molecule has 2 aromatic carbocycles. The minimum absolute atomic E-state index is 0.00409. The van der Waals surface area contributed by atoms with Crippen molar-refractivity contribution in [2.45, 2.75) is 70.6 Å². The van der Waals surface area contributed by atoms with Gasteiger partial charge in [0.2, 0.25) is 5.91 Å². The molecule has 206 valence electrons. The fourth-order valence-electron chi connectivity index (χ4n) is 6.03.